The molecule has 0 aromatic carbocycles. The summed E-state index contributed by atoms with van der Waals surface area (Å²) in [6.07, 6.45) is 5.13. The van der Waals surface area contributed by atoms with E-state index < -0.39 is 0 Å². The molecule has 2 heterocycles. The van der Waals surface area contributed by atoms with Crippen LogP contribution >= 0.6 is 24.8 Å². The third-order valence-corrected chi connectivity index (χ3v) is 5.08. The maximum Gasteiger partial charge on any atom is 0.223 e. The van der Waals surface area contributed by atoms with Gasteiger partial charge in [0.1, 0.15) is 0 Å². The van der Waals surface area contributed by atoms with Crippen LogP contribution in [-0.4, -0.2) is 49.6 Å². The zero-order valence-corrected chi connectivity index (χ0v) is 14.5. The third-order valence-electron chi connectivity index (χ3n) is 5.08. The molecule has 2 N–H and O–H groups in total. The fourth-order valence-corrected chi connectivity index (χ4v) is 3.14. The Morgan fingerprint density at radius 2 is 1.81 bits per heavy atom. The average Bonchev–Trinajstić information content (AvgIpc) is 3.13. The van der Waals surface area contributed by atoms with Crippen LogP contribution in [0.5, 0.6) is 0 Å². The first-order chi connectivity index (χ1) is 9.22. The molecule has 2 saturated heterocycles. The zero-order chi connectivity index (χ0) is 13.2. The van der Waals surface area contributed by atoms with Gasteiger partial charge in [0.2, 0.25) is 5.91 Å². The molecule has 0 aromatic rings. The summed E-state index contributed by atoms with van der Waals surface area (Å²) >= 11 is 0. The van der Waals surface area contributed by atoms with Gasteiger partial charge in [-0.05, 0) is 50.6 Å². The van der Waals surface area contributed by atoms with Crippen molar-refractivity contribution in [1.82, 2.24) is 15.5 Å². The molecule has 21 heavy (non-hydrogen) atoms. The molecule has 6 heteroatoms. The van der Waals surface area contributed by atoms with Gasteiger partial charge in [0.05, 0.1) is 0 Å². The predicted molar refractivity (Wildman–Crippen MR) is 90.3 cm³/mol. The Labute approximate surface area is 140 Å². The second kappa shape index (κ2) is 8.56. The van der Waals surface area contributed by atoms with E-state index in [4.69, 9.17) is 0 Å². The van der Waals surface area contributed by atoms with Gasteiger partial charge in [-0.1, -0.05) is 6.92 Å². The topological polar surface area (TPSA) is 44.4 Å². The lowest BCUT2D eigenvalue weighted by atomic mass is 9.88. The highest BCUT2D eigenvalue weighted by Crippen LogP contribution is 2.30. The second-order valence-electron chi connectivity index (χ2n) is 6.73. The van der Waals surface area contributed by atoms with Gasteiger partial charge in [-0.3, -0.25) is 4.79 Å². The number of carbonyl (C=O) groups excluding carboxylic acids is 1. The van der Waals surface area contributed by atoms with Crippen LogP contribution in [0.15, 0.2) is 0 Å². The van der Waals surface area contributed by atoms with Crippen LogP contribution in [-0.2, 0) is 4.79 Å². The first-order valence-electron chi connectivity index (χ1n) is 7.96. The van der Waals surface area contributed by atoms with Crippen LogP contribution < -0.4 is 10.6 Å². The maximum atomic E-state index is 12.2. The Morgan fingerprint density at radius 1 is 1.19 bits per heavy atom. The normalized spacial score (nSPS) is 25.2. The molecule has 1 saturated carbocycles. The van der Waals surface area contributed by atoms with E-state index in [1.54, 1.807) is 0 Å². The van der Waals surface area contributed by atoms with Gasteiger partial charge in [-0.25, -0.2) is 0 Å². The number of nitrogens with one attached hydrogen (secondary N) is 2. The van der Waals surface area contributed by atoms with Crippen molar-refractivity contribution in [1.29, 1.82) is 0 Å². The van der Waals surface area contributed by atoms with E-state index in [0.717, 1.165) is 31.8 Å². The third kappa shape index (κ3) is 5.27. The van der Waals surface area contributed by atoms with Crippen molar-refractivity contribution in [3.8, 4) is 0 Å². The van der Waals surface area contributed by atoms with Crippen LogP contribution in [0.1, 0.15) is 32.6 Å². The minimum Gasteiger partial charge on any atom is -0.353 e. The summed E-state index contributed by atoms with van der Waals surface area (Å²) in [5, 5.41) is 6.51. The van der Waals surface area contributed by atoms with E-state index in [0.29, 0.717) is 12.0 Å². The summed E-state index contributed by atoms with van der Waals surface area (Å²) in [7, 11) is 0. The molecule has 2 aliphatic heterocycles. The molecule has 4 nitrogen and oxygen atoms in total. The molecule has 124 valence electrons. The van der Waals surface area contributed by atoms with Gasteiger partial charge in [0.15, 0.2) is 0 Å². The number of rotatable bonds is 5. The van der Waals surface area contributed by atoms with Crippen molar-refractivity contribution in [2.45, 2.75) is 38.6 Å². The van der Waals surface area contributed by atoms with E-state index in [9.17, 15) is 4.79 Å². The van der Waals surface area contributed by atoms with E-state index in [2.05, 4.69) is 22.5 Å². The lowest BCUT2D eigenvalue weighted by Crippen LogP contribution is -2.52. The number of piperidine rings is 1. The Kier molecular flexibility index (Phi) is 7.75. The number of hydrogen-bond acceptors (Lipinski definition) is 3. The fourth-order valence-electron chi connectivity index (χ4n) is 3.14. The fraction of sp³-hybridized carbons (Fsp3) is 0.933. The van der Waals surface area contributed by atoms with Gasteiger partial charge in [-0.15, -0.1) is 24.8 Å². The highest BCUT2D eigenvalue weighted by Gasteiger charge is 2.31. The molecule has 3 rings (SSSR count). The molecule has 1 unspecified atom stereocenters. The monoisotopic (exact) mass is 337 g/mol. The number of carbonyl (C=O) groups is 1. The van der Waals surface area contributed by atoms with Crippen LogP contribution in [0, 0.1) is 17.8 Å². The maximum absolute atomic E-state index is 12.2. The van der Waals surface area contributed by atoms with E-state index in [1.165, 1.54) is 32.5 Å². The first kappa shape index (κ1) is 19.0. The molecule has 0 spiro atoms. The molecular formula is C15H29Cl2N3O. The first-order valence-corrected chi connectivity index (χ1v) is 7.96. The standard InChI is InChI=1S/C15H27N3O.2ClH/c1-11(13-8-16-9-13)15(19)17-14-4-6-18(7-5-14)10-12-2-3-12;;/h11-14,16H,2-10H2,1H3,(H,17,19);2*1H. The van der Waals surface area contributed by atoms with Gasteiger partial charge in [0.25, 0.3) is 0 Å². The molecule has 0 aromatic heterocycles. The van der Waals surface area contributed by atoms with Crippen LogP contribution in [0.25, 0.3) is 0 Å². The van der Waals surface area contributed by atoms with Crippen molar-refractivity contribution in [2.75, 3.05) is 32.7 Å². The van der Waals surface area contributed by atoms with Gasteiger partial charge in [0, 0.05) is 31.6 Å². The van der Waals surface area contributed by atoms with Crippen molar-refractivity contribution < 1.29 is 4.79 Å². The molecule has 3 fully saturated rings. The minimum atomic E-state index is 0. The lowest BCUT2D eigenvalue weighted by Gasteiger charge is -2.35. The number of likely N-dealkylation sites (tertiary alicyclic amines) is 1. The number of halogens is 2. The number of amides is 1. The van der Waals surface area contributed by atoms with Gasteiger partial charge in [-0.2, -0.15) is 0 Å². The zero-order valence-electron chi connectivity index (χ0n) is 12.8. The average molecular weight is 338 g/mol. The summed E-state index contributed by atoms with van der Waals surface area (Å²) in [5.41, 5.74) is 0. The van der Waals surface area contributed by atoms with Gasteiger partial charge < -0.3 is 15.5 Å². The summed E-state index contributed by atoms with van der Waals surface area (Å²) in [6.45, 7) is 7.72. The second-order valence-corrected chi connectivity index (χ2v) is 6.73. The van der Waals surface area contributed by atoms with Crippen molar-refractivity contribution in [2.24, 2.45) is 17.8 Å². The molecule has 1 atom stereocenters. The van der Waals surface area contributed by atoms with Gasteiger partial charge >= 0.3 is 0 Å². The number of nitrogens with zero attached hydrogens (tertiary/aromatic N) is 1. The molecular weight excluding hydrogens is 309 g/mol. The molecule has 0 radical (unpaired) electrons. The highest BCUT2D eigenvalue weighted by atomic mass is 35.5. The largest absolute Gasteiger partial charge is 0.353 e. The molecule has 3 aliphatic rings. The van der Waals surface area contributed by atoms with Crippen LogP contribution in [0.2, 0.25) is 0 Å². The van der Waals surface area contributed by atoms with E-state index >= 15 is 0 Å². The minimum absolute atomic E-state index is 0. The number of hydrogen-bond donors (Lipinski definition) is 2. The quantitative estimate of drug-likeness (QED) is 0.802. The highest BCUT2D eigenvalue weighted by molar-refractivity contribution is 5.85. The molecule has 1 aliphatic carbocycles. The SMILES string of the molecule is CC(C(=O)NC1CCN(CC2CC2)CC1)C1CNC1.Cl.Cl. The summed E-state index contributed by atoms with van der Waals surface area (Å²) < 4.78 is 0. The van der Waals surface area contributed by atoms with Crippen molar-refractivity contribution in [3.05, 3.63) is 0 Å². The van der Waals surface area contributed by atoms with E-state index in [-0.39, 0.29) is 36.6 Å². The van der Waals surface area contributed by atoms with Crippen molar-refractivity contribution in [3.63, 3.8) is 0 Å². The smallest absolute Gasteiger partial charge is 0.223 e. The molecule has 0 bridgehead atoms. The Bertz CT molecular complexity index is 327. The molecule has 1 amide bonds. The Morgan fingerprint density at radius 3 is 2.29 bits per heavy atom. The van der Waals surface area contributed by atoms with Crippen LogP contribution in [0.4, 0.5) is 0 Å². The van der Waals surface area contributed by atoms with E-state index in [1.807, 2.05) is 0 Å². The lowest BCUT2D eigenvalue weighted by molar-refractivity contribution is -0.127. The Hall–Kier alpha value is -0.0300. The Balaban J connectivity index is 0.00000110. The predicted octanol–water partition coefficient (Wildman–Crippen LogP) is 1.68. The summed E-state index contributed by atoms with van der Waals surface area (Å²) in [5.74, 6) is 1.98. The van der Waals surface area contributed by atoms with Crippen molar-refractivity contribution >= 4 is 30.7 Å². The summed E-state index contributed by atoms with van der Waals surface area (Å²) in [6, 6.07) is 0.415. The summed E-state index contributed by atoms with van der Waals surface area (Å²) in [4.78, 5) is 14.7. The van der Waals surface area contributed by atoms with Crippen LogP contribution in [0.3, 0.4) is 0 Å².